The van der Waals surface area contributed by atoms with Gasteiger partial charge in [-0.1, -0.05) is 0 Å². The predicted octanol–water partition coefficient (Wildman–Crippen LogP) is 4.43. The number of carbonyl (C=O) groups is 1. The molecule has 1 aliphatic rings. The molecule has 1 heterocycles. The van der Waals surface area contributed by atoms with Crippen molar-refractivity contribution in [1.29, 1.82) is 0 Å². The van der Waals surface area contributed by atoms with Gasteiger partial charge in [-0.05, 0) is 55.3 Å². The van der Waals surface area contributed by atoms with Crippen molar-refractivity contribution in [3.63, 3.8) is 0 Å². The number of hydrogen-bond acceptors (Lipinski definition) is 5. The van der Waals surface area contributed by atoms with Crippen LogP contribution in [-0.2, 0) is 14.8 Å². The number of nitrogens with zero attached hydrogens (tertiary/aromatic N) is 1. The van der Waals surface area contributed by atoms with Gasteiger partial charge in [0.15, 0.2) is 0 Å². The summed E-state index contributed by atoms with van der Waals surface area (Å²) in [6.45, 7) is 2.02. The second kappa shape index (κ2) is 8.66. The molecular weight excluding hydrogens is 437 g/mol. The van der Waals surface area contributed by atoms with Gasteiger partial charge in [0.25, 0.3) is 0 Å². The van der Waals surface area contributed by atoms with E-state index in [0.29, 0.717) is 30.0 Å². The molecule has 0 aliphatic carbocycles. The maximum atomic E-state index is 12.3. The van der Waals surface area contributed by atoms with E-state index in [0.717, 1.165) is 24.8 Å². The minimum Gasteiger partial charge on any atom is -0.457 e. The second-order valence-electron chi connectivity index (χ2n) is 7.12. The van der Waals surface area contributed by atoms with Gasteiger partial charge in [-0.3, -0.25) is 9.52 Å². The first-order valence-electron chi connectivity index (χ1n) is 9.34. The fourth-order valence-electron chi connectivity index (χ4n) is 3.48. The highest BCUT2D eigenvalue weighted by atomic mass is 32.2. The molecule has 3 rings (SSSR count). The van der Waals surface area contributed by atoms with Crippen LogP contribution in [0.15, 0.2) is 42.5 Å². The van der Waals surface area contributed by atoms with Crippen molar-refractivity contribution in [3.8, 4) is 17.2 Å². The van der Waals surface area contributed by atoms with Gasteiger partial charge in [-0.25, -0.2) is 8.42 Å². The van der Waals surface area contributed by atoms with Crippen LogP contribution >= 0.6 is 0 Å². The normalized spacial score (nSPS) is 16.8. The molecule has 1 atom stereocenters. The average molecular weight is 458 g/mol. The van der Waals surface area contributed by atoms with Crippen LogP contribution in [0.2, 0.25) is 0 Å². The van der Waals surface area contributed by atoms with Crippen molar-refractivity contribution < 1.29 is 35.9 Å². The average Bonchev–Trinajstić information content (AvgIpc) is 3.12. The number of benzene rings is 2. The van der Waals surface area contributed by atoms with Crippen LogP contribution in [0.4, 0.5) is 18.9 Å². The Bertz CT molecular complexity index is 1060. The molecule has 1 fully saturated rings. The monoisotopic (exact) mass is 458 g/mol. The number of amides is 1. The van der Waals surface area contributed by atoms with Crippen LogP contribution in [0.1, 0.15) is 31.4 Å². The number of anilines is 1. The number of alkyl halides is 3. The number of ether oxygens (including phenoxy) is 2. The van der Waals surface area contributed by atoms with Crippen LogP contribution in [0, 0.1) is 0 Å². The van der Waals surface area contributed by atoms with Crippen LogP contribution in [-0.4, -0.2) is 38.4 Å². The molecule has 11 heteroatoms. The highest BCUT2D eigenvalue weighted by molar-refractivity contribution is 7.92. The van der Waals surface area contributed by atoms with E-state index in [1.165, 1.54) is 25.1 Å². The molecule has 2 aromatic rings. The lowest BCUT2D eigenvalue weighted by Crippen LogP contribution is -2.28. The Kier molecular flexibility index (Phi) is 6.35. The van der Waals surface area contributed by atoms with Crippen molar-refractivity contribution in [1.82, 2.24) is 4.90 Å². The van der Waals surface area contributed by atoms with Crippen molar-refractivity contribution in [2.75, 3.05) is 17.5 Å². The molecule has 0 bridgehead atoms. The smallest absolute Gasteiger partial charge is 0.457 e. The van der Waals surface area contributed by atoms with Gasteiger partial charge in [0.05, 0.1) is 12.3 Å². The first-order chi connectivity index (χ1) is 14.4. The van der Waals surface area contributed by atoms with E-state index in [4.69, 9.17) is 4.74 Å². The maximum Gasteiger partial charge on any atom is 0.573 e. The summed E-state index contributed by atoms with van der Waals surface area (Å²) >= 11 is 0. The topological polar surface area (TPSA) is 84.9 Å². The van der Waals surface area contributed by atoms with Gasteiger partial charge in [0.1, 0.15) is 17.2 Å². The first kappa shape index (κ1) is 22.7. The third-order valence-electron chi connectivity index (χ3n) is 4.61. The number of sulfonamides is 1. The van der Waals surface area contributed by atoms with Gasteiger partial charge in [0.2, 0.25) is 15.9 Å². The van der Waals surface area contributed by atoms with Gasteiger partial charge in [-0.15, -0.1) is 13.2 Å². The van der Waals surface area contributed by atoms with Gasteiger partial charge >= 0.3 is 6.36 Å². The standard InChI is InChI=1S/C20H21F3N2O5S/c1-13(26)25-11-3-4-18(25)17-12-14(24-31(2,27)28)5-10-19(17)29-15-6-8-16(9-7-15)30-20(21,22)23/h5-10,12,18,24H,3-4,11H2,1-2H3. The Morgan fingerprint density at radius 2 is 1.77 bits per heavy atom. The second-order valence-corrected chi connectivity index (χ2v) is 8.87. The Labute approximate surface area is 177 Å². The molecule has 1 amide bonds. The minimum atomic E-state index is -4.80. The molecule has 0 aromatic heterocycles. The highest BCUT2D eigenvalue weighted by Crippen LogP contribution is 2.40. The number of hydrogen-bond donors (Lipinski definition) is 1. The van der Waals surface area contributed by atoms with Gasteiger partial charge in [0, 0.05) is 24.7 Å². The first-order valence-corrected chi connectivity index (χ1v) is 11.2. The van der Waals surface area contributed by atoms with Crippen molar-refractivity contribution in [2.45, 2.75) is 32.2 Å². The Morgan fingerprint density at radius 1 is 1.13 bits per heavy atom. The lowest BCUT2D eigenvalue weighted by atomic mass is 10.0. The van der Waals surface area contributed by atoms with Gasteiger partial charge in [-0.2, -0.15) is 0 Å². The van der Waals surface area contributed by atoms with E-state index in [9.17, 15) is 26.4 Å². The number of likely N-dealkylation sites (tertiary alicyclic amines) is 1. The summed E-state index contributed by atoms with van der Waals surface area (Å²) < 4.78 is 72.4. The van der Waals surface area contributed by atoms with E-state index in [-0.39, 0.29) is 23.4 Å². The minimum absolute atomic E-state index is 0.122. The Balaban J connectivity index is 1.92. The summed E-state index contributed by atoms with van der Waals surface area (Å²) in [6.07, 6.45) is -2.33. The Hall–Kier alpha value is -2.95. The molecule has 1 N–H and O–H groups in total. The van der Waals surface area contributed by atoms with Crippen molar-refractivity contribution >= 4 is 21.6 Å². The molecule has 1 saturated heterocycles. The number of halogens is 3. The van der Waals surface area contributed by atoms with Crippen LogP contribution < -0.4 is 14.2 Å². The molecule has 0 radical (unpaired) electrons. The predicted molar refractivity (Wildman–Crippen MR) is 107 cm³/mol. The lowest BCUT2D eigenvalue weighted by Gasteiger charge is -2.26. The quantitative estimate of drug-likeness (QED) is 0.692. The third kappa shape index (κ3) is 6.27. The molecular formula is C20H21F3N2O5S. The molecule has 168 valence electrons. The molecule has 2 aromatic carbocycles. The molecule has 7 nitrogen and oxygen atoms in total. The van der Waals surface area contributed by atoms with Crippen molar-refractivity contribution in [2.24, 2.45) is 0 Å². The molecule has 1 aliphatic heterocycles. The number of nitrogens with one attached hydrogen (secondary N) is 1. The summed E-state index contributed by atoms with van der Waals surface area (Å²) in [5.74, 6) is 0.114. The summed E-state index contributed by atoms with van der Waals surface area (Å²) in [5.41, 5.74) is 0.908. The fourth-order valence-corrected chi connectivity index (χ4v) is 4.04. The van der Waals surface area contributed by atoms with Crippen molar-refractivity contribution in [3.05, 3.63) is 48.0 Å². The maximum absolute atomic E-state index is 12.3. The zero-order valence-corrected chi connectivity index (χ0v) is 17.6. The fraction of sp³-hybridized carbons (Fsp3) is 0.350. The SMILES string of the molecule is CC(=O)N1CCCC1c1cc(NS(C)(=O)=O)ccc1Oc1ccc(OC(F)(F)F)cc1. The summed E-state index contributed by atoms with van der Waals surface area (Å²) in [4.78, 5) is 13.7. The van der Waals surface area contributed by atoms with Crippen LogP contribution in [0.3, 0.4) is 0 Å². The van der Waals surface area contributed by atoms with Crippen LogP contribution in [0.5, 0.6) is 17.2 Å². The largest absolute Gasteiger partial charge is 0.573 e. The highest BCUT2D eigenvalue weighted by Gasteiger charge is 2.32. The number of rotatable bonds is 6. The van der Waals surface area contributed by atoms with Gasteiger partial charge < -0.3 is 14.4 Å². The van der Waals surface area contributed by atoms with E-state index in [1.807, 2.05) is 0 Å². The van der Waals surface area contributed by atoms with E-state index >= 15 is 0 Å². The molecule has 0 saturated carbocycles. The van der Waals surface area contributed by atoms with Crippen LogP contribution in [0.25, 0.3) is 0 Å². The lowest BCUT2D eigenvalue weighted by molar-refractivity contribution is -0.274. The van der Waals surface area contributed by atoms with E-state index in [2.05, 4.69) is 9.46 Å². The number of carbonyl (C=O) groups excluding carboxylic acids is 1. The molecule has 1 unspecified atom stereocenters. The Morgan fingerprint density at radius 3 is 2.35 bits per heavy atom. The summed E-state index contributed by atoms with van der Waals surface area (Å²) in [7, 11) is -3.52. The zero-order valence-electron chi connectivity index (χ0n) is 16.8. The van der Waals surface area contributed by atoms with E-state index in [1.54, 1.807) is 17.0 Å². The molecule has 31 heavy (non-hydrogen) atoms. The molecule has 0 spiro atoms. The zero-order chi connectivity index (χ0) is 22.8. The van der Waals surface area contributed by atoms with E-state index < -0.39 is 16.4 Å². The summed E-state index contributed by atoms with van der Waals surface area (Å²) in [6, 6.07) is 9.24. The summed E-state index contributed by atoms with van der Waals surface area (Å²) in [5, 5.41) is 0. The third-order valence-corrected chi connectivity index (χ3v) is 5.22.